The van der Waals surface area contributed by atoms with Crippen molar-refractivity contribution < 1.29 is 9.59 Å². The fraction of sp³-hybridized carbons (Fsp3) is 0.300. The van der Waals surface area contributed by atoms with E-state index in [1.165, 1.54) is 23.1 Å². The molecule has 0 bridgehead atoms. The van der Waals surface area contributed by atoms with Crippen molar-refractivity contribution in [2.45, 2.75) is 31.3 Å². The molecule has 3 N–H and O–H groups in total. The molecule has 150 valence electrons. The maximum absolute atomic E-state index is 12.6. The third-order valence-corrected chi connectivity index (χ3v) is 7.01. The van der Waals surface area contributed by atoms with Gasteiger partial charge in [0.2, 0.25) is 5.91 Å². The first-order valence-electron chi connectivity index (χ1n) is 9.35. The van der Waals surface area contributed by atoms with Gasteiger partial charge in [-0.25, -0.2) is 0 Å². The molecule has 29 heavy (non-hydrogen) atoms. The van der Waals surface area contributed by atoms with Crippen LogP contribution >= 0.6 is 23.1 Å². The van der Waals surface area contributed by atoms with Crippen LogP contribution in [0.5, 0.6) is 0 Å². The van der Waals surface area contributed by atoms with E-state index in [4.69, 9.17) is 5.73 Å². The summed E-state index contributed by atoms with van der Waals surface area (Å²) >= 11 is 2.76. The molecule has 2 heterocycles. The summed E-state index contributed by atoms with van der Waals surface area (Å²) in [6.07, 6.45) is 4.40. The molecule has 1 aliphatic rings. The lowest BCUT2D eigenvalue weighted by molar-refractivity contribution is -0.113. The smallest absolute Gasteiger partial charge is 0.251 e. The Labute approximate surface area is 176 Å². The number of carbonyl (C=O) groups excluding carboxylic acids is 2. The average Bonchev–Trinajstić information content (AvgIpc) is 3.30. The molecular weight excluding hydrogens is 406 g/mol. The fourth-order valence-electron chi connectivity index (χ4n) is 3.48. The number of fused-ring (bicyclic) bond motifs is 1. The second-order valence-electron chi connectivity index (χ2n) is 7.08. The van der Waals surface area contributed by atoms with Crippen LogP contribution in [0.15, 0.2) is 41.8 Å². The predicted octanol–water partition coefficient (Wildman–Crippen LogP) is 3.28. The number of nitrogens with one attached hydrogen (secondary N) is 1. The maximum atomic E-state index is 12.6. The van der Waals surface area contributed by atoms with Crippen molar-refractivity contribution in [3.63, 3.8) is 0 Å². The van der Waals surface area contributed by atoms with Gasteiger partial charge in [0, 0.05) is 10.6 Å². The van der Waals surface area contributed by atoms with E-state index in [0.29, 0.717) is 21.6 Å². The number of rotatable bonds is 6. The number of nitrogens with two attached hydrogens (primary N) is 1. The first-order chi connectivity index (χ1) is 14.0. The standard InChI is InChI=1S/C20H21N5O2S2/c1-12-7-8-14-15(9-12)29-19(17(14)18(21)27)23-16(26)10-28-20-24-22-11-25(20)13-5-3-2-4-6-13/h2-6,11-12H,7-10H2,1H3,(H2,21,27)(H,23,26)/t12-/m1/s1. The number of primary amides is 1. The average molecular weight is 428 g/mol. The molecule has 2 aromatic heterocycles. The number of para-hydroxylation sites is 1. The molecule has 0 fully saturated rings. The lowest BCUT2D eigenvalue weighted by Gasteiger charge is -2.18. The highest BCUT2D eigenvalue weighted by atomic mass is 32.2. The molecule has 2 amide bonds. The second-order valence-corrected chi connectivity index (χ2v) is 9.12. The number of hydrogen-bond acceptors (Lipinski definition) is 6. The van der Waals surface area contributed by atoms with Crippen LogP contribution in [0.1, 0.15) is 34.1 Å². The predicted molar refractivity (Wildman–Crippen MR) is 115 cm³/mol. The third-order valence-electron chi connectivity index (χ3n) is 4.89. The summed E-state index contributed by atoms with van der Waals surface area (Å²) in [7, 11) is 0. The van der Waals surface area contributed by atoms with Gasteiger partial charge in [-0.3, -0.25) is 14.2 Å². The molecule has 7 nitrogen and oxygen atoms in total. The molecule has 1 atom stereocenters. The molecule has 3 aromatic rings. The van der Waals surface area contributed by atoms with Crippen LogP contribution in [0, 0.1) is 5.92 Å². The molecule has 4 rings (SSSR count). The van der Waals surface area contributed by atoms with Crippen molar-refractivity contribution in [1.82, 2.24) is 14.8 Å². The van der Waals surface area contributed by atoms with E-state index in [-0.39, 0.29) is 11.7 Å². The molecule has 0 saturated carbocycles. The van der Waals surface area contributed by atoms with Gasteiger partial charge in [0.15, 0.2) is 5.16 Å². The molecule has 0 unspecified atom stereocenters. The van der Waals surface area contributed by atoms with Crippen LogP contribution in [0.2, 0.25) is 0 Å². The van der Waals surface area contributed by atoms with Crippen LogP contribution < -0.4 is 11.1 Å². The van der Waals surface area contributed by atoms with E-state index >= 15 is 0 Å². The van der Waals surface area contributed by atoms with Gasteiger partial charge in [0.25, 0.3) is 5.91 Å². The first-order valence-corrected chi connectivity index (χ1v) is 11.2. The van der Waals surface area contributed by atoms with Gasteiger partial charge in [-0.1, -0.05) is 36.9 Å². The maximum Gasteiger partial charge on any atom is 0.251 e. The largest absolute Gasteiger partial charge is 0.365 e. The van der Waals surface area contributed by atoms with E-state index in [9.17, 15) is 9.59 Å². The summed E-state index contributed by atoms with van der Waals surface area (Å²) in [5.74, 6) is 0.0452. The summed E-state index contributed by atoms with van der Waals surface area (Å²) in [6, 6.07) is 9.70. The van der Waals surface area contributed by atoms with Gasteiger partial charge in [0.1, 0.15) is 11.3 Å². The Balaban J connectivity index is 1.47. The van der Waals surface area contributed by atoms with E-state index in [1.54, 1.807) is 6.33 Å². The van der Waals surface area contributed by atoms with Gasteiger partial charge in [-0.2, -0.15) is 0 Å². The zero-order valence-electron chi connectivity index (χ0n) is 15.9. The Morgan fingerprint density at radius 3 is 2.90 bits per heavy atom. The fourth-order valence-corrected chi connectivity index (χ4v) is 5.64. The summed E-state index contributed by atoms with van der Waals surface area (Å²) in [5.41, 5.74) is 8.03. The minimum absolute atomic E-state index is 0.155. The second kappa shape index (κ2) is 8.38. The summed E-state index contributed by atoms with van der Waals surface area (Å²) in [4.78, 5) is 25.7. The van der Waals surface area contributed by atoms with Gasteiger partial charge in [-0.05, 0) is 42.9 Å². The number of thioether (sulfide) groups is 1. The molecule has 1 aliphatic carbocycles. The molecule has 9 heteroatoms. The number of nitrogens with zero attached hydrogens (tertiary/aromatic N) is 3. The Hall–Kier alpha value is -2.65. The number of aromatic nitrogens is 3. The van der Waals surface area contributed by atoms with Crippen molar-refractivity contribution in [3.8, 4) is 5.69 Å². The van der Waals surface area contributed by atoms with Gasteiger partial charge in [0.05, 0.1) is 11.3 Å². The van der Waals surface area contributed by atoms with Gasteiger partial charge >= 0.3 is 0 Å². The van der Waals surface area contributed by atoms with E-state index in [0.717, 1.165) is 35.4 Å². The van der Waals surface area contributed by atoms with Crippen LogP contribution in [-0.2, 0) is 17.6 Å². The number of thiophene rings is 1. The van der Waals surface area contributed by atoms with Crippen molar-refractivity contribution in [1.29, 1.82) is 0 Å². The Bertz CT molecular complexity index is 1040. The summed E-state index contributed by atoms with van der Waals surface area (Å²) in [6.45, 7) is 2.20. The van der Waals surface area contributed by atoms with Crippen molar-refractivity contribution in [2.24, 2.45) is 11.7 Å². The number of benzene rings is 1. The number of carbonyl (C=O) groups is 2. The minimum Gasteiger partial charge on any atom is -0.365 e. The normalized spacial score (nSPS) is 15.7. The molecule has 0 radical (unpaired) electrons. The molecule has 1 aromatic carbocycles. The monoisotopic (exact) mass is 427 g/mol. The van der Waals surface area contributed by atoms with Crippen molar-refractivity contribution in [2.75, 3.05) is 11.1 Å². The van der Waals surface area contributed by atoms with E-state index in [1.807, 2.05) is 34.9 Å². The van der Waals surface area contributed by atoms with Crippen LogP contribution in [-0.4, -0.2) is 32.3 Å². The van der Waals surface area contributed by atoms with Crippen molar-refractivity contribution in [3.05, 3.63) is 52.7 Å². The Morgan fingerprint density at radius 2 is 2.14 bits per heavy atom. The van der Waals surface area contributed by atoms with E-state index < -0.39 is 5.91 Å². The van der Waals surface area contributed by atoms with E-state index in [2.05, 4.69) is 22.4 Å². The topological polar surface area (TPSA) is 103 Å². The van der Waals surface area contributed by atoms with Crippen LogP contribution in [0.3, 0.4) is 0 Å². The molecule has 0 spiro atoms. The molecule has 0 saturated heterocycles. The highest BCUT2D eigenvalue weighted by Gasteiger charge is 2.27. The molecular formula is C20H21N5O2S2. The number of hydrogen-bond donors (Lipinski definition) is 2. The zero-order valence-corrected chi connectivity index (χ0v) is 17.6. The highest BCUT2D eigenvalue weighted by molar-refractivity contribution is 7.99. The lowest BCUT2D eigenvalue weighted by Crippen LogP contribution is -2.20. The number of amides is 2. The molecule has 0 aliphatic heterocycles. The Morgan fingerprint density at radius 1 is 1.34 bits per heavy atom. The van der Waals surface area contributed by atoms with Crippen molar-refractivity contribution >= 4 is 39.9 Å². The van der Waals surface area contributed by atoms with Crippen LogP contribution in [0.4, 0.5) is 5.00 Å². The van der Waals surface area contributed by atoms with Crippen LogP contribution in [0.25, 0.3) is 5.69 Å². The summed E-state index contributed by atoms with van der Waals surface area (Å²) < 4.78 is 1.83. The zero-order chi connectivity index (χ0) is 20.4. The Kier molecular flexibility index (Phi) is 5.68. The number of anilines is 1. The lowest BCUT2D eigenvalue weighted by atomic mass is 9.88. The minimum atomic E-state index is -0.483. The highest BCUT2D eigenvalue weighted by Crippen LogP contribution is 2.39. The quantitative estimate of drug-likeness (QED) is 0.588. The first kappa shape index (κ1) is 19.7. The summed E-state index contributed by atoms with van der Waals surface area (Å²) in [5, 5.41) is 12.1. The third kappa shape index (κ3) is 4.20. The van der Waals surface area contributed by atoms with Gasteiger partial charge < -0.3 is 11.1 Å². The van der Waals surface area contributed by atoms with Gasteiger partial charge in [-0.15, -0.1) is 21.5 Å². The SMILES string of the molecule is C[C@@H]1CCc2c(sc(NC(=O)CSc3nncn3-c3ccccc3)c2C(N)=O)C1.